The summed E-state index contributed by atoms with van der Waals surface area (Å²) in [6.07, 6.45) is 14.6. The van der Waals surface area contributed by atoms with Crippen LogP contribution in [-0.2, 0) is 0 Å². The van der Waals surface area contributed by atoms with Crippen molar-refractivity contribution in [1.29, 1.82) is 0 Å². The molecule has 3 aliphatic rings. The Morgan fingerprint density at radius 2 is 1.81 bits per heavy atom. The van der Waals surface area contributed by atoms with Crippen molar-refractivity contribution in [2.24, 2.45) is 11.8 Å². The highest BCUT2D eigenvalue weighted by molar-refractivity contribution is 4.99. The topological polar surface area (TPSA) is 15.3 Å². The summed E-state index contributed by atoms with van der Waals surface area (Å²) >= 11 is 0. The molecule has 2 nitrogen and oxygen atoms in total. The molecule has 0 aromatic heterocycles. The summed E-state index contributed by atoms with van der Waals surface area (Å²) in [5, 5.41) is 3.83. The van der Waals surface area contributed by atoms with Gasteiger partial charge in [0.05, 0.1) is 0 Å². The minimum atomic E-state index is 0.767. The second kappa shape index (κ2) is 7.46. The Balaban J connectivity index is 1.68. The largest absolute Gasteiger partial charge is 0.313 e. The molecule has 1 aliphatic heterocycles. The number of rotatable bonds is 5. The molecule has 2 aliphatic carbocycles. The van der Waals surface area contributed by atoms with Crippen molar-refractivity contribution in [2.45, 2.75) is 96.2 Å². The van der Waals surface area contributed by atoms with Gasteiger partial charge in [0, 0.05) is 18.1 Å². The second-order valence-electron chi connectivity index (χ2n) is 7.84. The molecule has 3 fully saturated rings. The molecule has 2 heteroatoms. The number of hydrogen-bond acceptors (Lipinski definition) is 2. The summed E-state index contributed by atoms with van der Waals surface area (Å²) in [5.74, 6) is 2.03. The summed E-state index contributed by atoms with van der Waals surface area (Å²) in [7, 11) is 0. The Hall–Kier alpha value is -0.0800. The molecule has 21 heavy (non-hydrogen) atoms. The van der Waals surface area contributed by atoms with E-state index in [1.807, 2.05) is 0 Å². The van der Waals surface area contributed by atoms with E-state index in [9.17, 15) is 0 Å². The number of likely N-dealkylation sites (N-methyl/N-ethyl adjacent to an activating group) is 1. The lowest BCUT2D eigenvalue weighted by Gasteiger charge is -2.45. The van der Waals surface area contributed by atoms with E-state index in [4.69, 9.17) is 0 Å². The average Bonchev–Trinajstić information content (AvgIpc) is 2.93. The molecular weight excluding hydrogens is 256 g/mol. The molecule has 5 atom stereocenters. The van der Waals surface area contributed by atoms with E-state index >= 15 is 0 Å². The first-order valence-electron chi connectivity index (χ1n) is 9.82. The summed E-state index contributed by atoms with van der Waals surface area (Å²) in [5.41, 5.74) is 0. The van der Waals surface area contributed by atoms with Crippen LogP contribution < -0.4 is 5.32 Å². The van der Waals surface area contributed by atoms with Crippen LogP contribution in [0.5, 0.6) is 0 Å². The predicted molar refractivity (Wildman–Crippen MR) is 90.6 cm³/mol. The summed E-state index contributed by atoms with van der Waals surface area (Å²) in [6.45, 7) is 7.17. The van der Waals surface area contributed by atoms with Crippen molar-refractivity contribution in [3.05, 3.63) is 0 Å². The van der Waals surface area contributed by atoms with E-state index in [2.05, 4.69) is 24.1 Å². The zero-order chi connectivity index (χ0) is 14.7. The summed E-state index contributed by atoms with van der Waals surface area (Å²) in [4.78, 5) is 2.97. The van der Waals surface area contributed by atoms with E-state index in [1.165, 1.54) is 70.8 Å². The van der Waals surface area contributed by atoms with Gasteiger partial charge in [0.25, 0.3) is 0 Å². The molecular formula is C19H36N2. The molecule has 0 bridgehead atoms. The Bertz CT molecular complexity index is 317. The van der Waals surface area contributed by atoms with Gasteiger partial charge in [0.15, 0.2) is 0 Å². The number of hydrogen-bond donors (Lipinski definition) is 1. The highest BCUT2D eigenvalue weighted by Crippen LogP contribution is 2.41. The Labute approximate surface area is 132 Å². The molecule has 0 aromatic rings. The van der Waals surface area contributed by atoms with Crippen LogP contribution in [0.3, 0.4) is 0 Å². The molecule has 0 radical (unpaired) electrons. The lowest BCUT2D eigenvalue weighted by atomic mass is 9.78. The van der Waals surface area contributed by atoms with Crippen LogP contribution >= 0.6 is 0 Å². The van der Waals surface area contributed by atoms with Crippen molar-refractivity contribution in [1.82, 2.24) is 10.2 Å². The second-order valence-corrected chi connectivity index (χ2v) is 7.84. The fourth-order valence-corrected chi connectivity index (χ4v) is 5.62. The van der Waals surface area contributed by atoms with Crippen LogP contribution in [0.25, 0.3) is 0 Å². The van der Waals surface area contributed by atoms with Crippen molar-refractivity contribution in [3.8, 4) is 0 Å². The van der Waals surface area contributed by atoms with Crippen LogP contribution in [0.2, 0.25) is 0 Å². The quantitative estimate of drug-likeness (QED) is 0.817. The van der Waals surface area contributed by atoms with Gasteiger partial charge in [-0.25, -0.2) is 0 Å². The third kappa shape index (κ3) is 3.47. The normalized spacial score (nSPS) is 41.1. The van der Waals surface area contributed by atoms with E-state index in [0.29, 0.717) is 0 Å². The standard InChI is InChI=1S/C19H36N2/c1-3-7-15-10-11-17(20-4-2)19(14-15)21-13-12-16-8-5-6-9-18(16)21/h15-20H,3-14H2,1-2H3. The van der Waals surface area contributed by atoms with Crippen molar-refractivity contribution in [3.63, 3.8) is 0 Å². The zero-order valence-corrected chi connectivity index (χ0v) is 14.3. The minimum Gasteiger partial charge on any atom is -0.313 e. The summed E-state index contributed by atoms with van der Waals surface area (Å²) < 4.78 is 0. The van der Waals surface area contributed by atoms with Gasteiger partial charge >= 0.3 is 0 Å². The monoisotopic (exact) mass is 292 g/mol. The van der Waals surface area contributed by atoms with Gasteiger partial charge < -0.3 is 5.32 Å². The molecule has 0 spiro atoms. The van der Waals surface area contributed by atoms with Crippen LogP contribution in [0, 0.1) is 11.8 Å². The predicted octanol–water partition coefficient (Wildman–Crippen LogP) is 4.20. The smallest absolute Gasteiger partial charge is 0.0255 e. The van der Waals surface area contributed by atoms with Crippen molar-refractivity contribution < 1.29 is 0 Å². The molecule has 0 aromatic carbocycles. The fourth-order valence-electron chi connectivity index (χ4n) is 5.62. The molecule has 1 heterocycles. The number of fused-ring (bicyclic) bond motifs is 1. The van der Waals surface area contributed by atoms with Gasteiger partial charge in [-0.15, -0.1) is 0 Å². The maximum atomic E-state index is 3.83. The van der Waals surface area contributed by atoms with Crippen molar-refractivity contribution >= 4 is 0 Å². The number of nitrogens with zero attached hydrogens (tertiary/aromatic N) is 1. The highest BCUT2D eigenvalue weighted by Gasteiger charge is 2.43. The minimum absolute atomic E-state index is 0.767. The van der Waals surface area contributed by atoms with E-state index in [0.717, 1.165) is 36.5 Å². The third-order valence-electron chi connectivity index (χ3n) is 6.57. The molecule has 5 unspecified atom stereocenters. The maximum absolute atomic E-state index is 3.83. The van der Waals surface area contributed by atoms with Crippen molar-refractivity contribution in [2.75, 3.05) is 13.1 Å². The SMILES string of the molecule is CCCC1CCC(NCC)C(N2CCC3CCCCC32)C1. The van der Waals surface area contributed by atoms with Gasteiger partial charge in [-0.1, -0.05) is 39.5 Å². The van der Waals surface area contributed by atoms with Gasteiger partial charge in [0.1, 0.15) is 0 Å². The van der Waals surface area contributed by atoms with E-state index in [1.54, 1.807) is 0 Å². The molecule has 0 amide bonds. The van der Waals surface area contributed by atoms with Crippen LogP contribution in [0.15, 0.2) is 0 Å². The van der Waals surface area contributed by atoms with Gasteiger partial charge in [0.2, 0.25) is 0 Å². The van der Waals surface area contributed by atoms with Crippen LogP contribution in [-0.4, -0.2) is 36.1 Å². The first-order chi connectivity index (χ1) is 10.3. The van der Waals surface area contributed by atoms with Crippen LogP contribution in [0.4, 0.5) is 0 Å². The van der Waals surface area contributed by atoms with Gasteiger partial charge in [-0.05, 0) is 63.5 Å². The highest BCUT2D eigenvalue weighted by atomic mass is 15.2. The molecule has 1 saturated heterocycles. The number of nitrogens with one attached hydrogen (secondary N) is 1. The first kappa shape index (κ1) is 15.8. The molecule has 2 saturated carbocycles. The summed E-state index contributed by atoms with van der Waals surface area (Å²) in [6, 6.07) is 2.54. The maximum Gasteiger partial charge on any atom is 0.0255 e. The third-order valence-corrected chi connectivity index (χ3v) is 6.57. The van der Waals surface area contributed by atoms with Gasteiger partial charge in [-0.2, -0.15) is 0 Å². The molecule has 122 valence electrons. The fraction of sp³-hybridized carbons (Fsp3) is 1.00. The average molecular weight is 293 g/mol. The van der Waals surface area contributed by atoms with E-state index < -0.39 is 0 Å². The lowest BCUT2D eigenvalue weighted by Crippen LogP contribution is -2.55. The van der Waals surface area contributed by atoms with Gasteiger partial charge in [-0.3, -0.25) is 4.90 Å². The van der Waals surface area contributed by atoms with Crippen LogP contribution in [0.1, 0.15) is 78.1 Å². The first-order valence-corrected chi connectivity index (χ1v) is 9.82. The van der Waals surface area contributed by atoms with E-state index in [-0.39, 0.29) is 0 Å². The number of likely N-dealkylation sites (tertiary alicyclic amines) is 1. The molecule has 3 rings (SSSR count). The molecule has 1 N–H and O–H groups in total. The Morgan fingerprint density at radius 1 is 0.952 bits per heavy atom. The lowest BCUT2D eigenvalue weighted by molar-refractivity contribution is 0.0635. The zero-order valence-electron chi connectivity index (χ0n) is 14.3. The Morgan fingerprint density at radius 3 is 2.62 bits per heavy atom. The Kier molecular flexibility index (Phi) is 5.61.